The number of aromatic nitrogens is 1. The standard InChI is InChI=1S/C14H10F3NO3/c15-14(16,17)10-6-7-11(13(20)21)18(12(10)19)8-9-4-2-1-3-5-9/h1-7H,8H2,(H,20,21). The van der Waals surface area contributed by atoms with Crippen molar-refractivity contribution in [3.8, 4) is 0 Å². The summed E-state index contributed by atoms with van der Waals surface area (Å²) in [6.07, 6.45) is -4.83. The van der Waals surface area contributed by atoms with Gasteiger partial charge in [0.1, 0.15) is 11.3 Å². The lowest BCUT2D eigenvalue weighted by atomic mass is 10.2. The number of halogens is 3. The molecule has 1 aromatic carbocycles. The smallest absolute Gasteiger partial charge is 0.421 e. The van der Waals surface area contributed by atoms with E-state index in [0.29, 0.717) is 16.2 Å². The molecule has 4 nitrogen and oxygen atoms in total. The molecule has 0 fully saturated rings. The normalized spacial score (nSPS) is 11.4. The van der Waals surface area contributed by atoms with Gasteiger partial charge >= 0.3 is 12.1 Å². The summed E-state index contributed by atoms with van der Waals surface area (Å²) in [5.74, 6) is -1.46. The Kier molecular flexibility index (Phi) is 3.84. The molecule has 1 aromatic heterocycles. The van der Waals surface area contributed by atoms with E-state index in [1.165, 1.54) is 0 Å². The number of rotatable bonds is 3. The average molecular weight is 297 g/mol. The van der Waals surface area contributed by atoms with Gasteiger partial charge in [0.2, 0.25) is 0 Å². The molecule has 1 N–H and O–H groups in total. The van der Waals surface area contributed by atoms with Gasteiger partial charge in [-0.05, 0) is 17.7 Å². The fraction of sp³-hybridized carbons (Fsp3) is 0.143. The summed E-state index contributed by atoms with van der Waals surface area (Å²) in [5.41, 5.74) is -2.71. The molecule has 0 atom stereocenters. The second-order valence-corrected chi connectivity index (χ2v) is 4.31. The van der Waals surface area contributed by atoms with Crippen LogP contribution in [-0.2, 0) is 12.7 Å². The number of nitrogens with zero attached hydrogens (tertiary/aromatic N) is 1. The quantitative estimate of drug-likeness (QED) is 0.947. The number of hydrogen-bond donors (Lipinski definition) is 1. The molecule has 0 bridgehead atoms. The van der Waals surface area contributed by atoms with E-state index in [9.17, 15) is 22.8 Å². The van der Waals surface area contributed by atoms with Crippen LogP contribution >= 0.6 is 0 Å². The van der Waals surface area contributed by atoms with Crippen molar-refractivity contribution >= 4 is 5.97 Å². The zero-order chi connectivity index (χ0) is 15.6. The second-order valence-electron chi connectivity index (χ2n) is 4.31. The minimum Gasteiger partial charge on any atom is -0.477 e. The summed E-state index contributed by atoms with van der Waals surface area (Å²) in [6, 6.07) is 9.47. The van der Waals surface area contributed by atoms with Gasteiger partial charge in [-0.2, -0.15) is 13.2 Å². The van der Waals surface area contributed by atoms with Crippen LogP contribution in [0, 0.1) is 0 Å². The van der Waals surface area contributed by atoms with Crippen molar-refractivity contribution in [2.75, 3.05) is 0 Å². The Morgan fingerprint density at radius 1 is 1.10 bits per heavy atom. The minimum absolute atomic E-state index is 0.245. The molecular formula is C14H10F3NO3. The molecule has 0 aliphatic heterocycles. The molecule has 0 spiro atoms. The fourth-order valence-electron chi connectivity index (χ4n) is 1.90. The number of carboxylic acids is 1. The number of benzene rings is 1. The molecule has 110 valence electrons. The average Bonchev–Trinajstić information content (AvgIpc) is 2.40. The third-order valence-electron chi connectivity index (χ3n) is 2.88. The highest BCUT2D eigenvalue weighted by Gasteiger charge is 2.35. The molecule has 21 heavy (non-hydrogen) atoms. The Balaban J connectivity index is 2.61. The van der Waals surface area contributed by atoms with Gasteiger partial charge in [-0.25, -0.2) is 4.79 Å². The van der Waals surface area contributed by atoms with E-state index in [1.54, 1.807) is 30.3 Å². The molecule has 0 amide bonds. The first-order valence-electron chi connectivity index (χ1n) is 5.89. The predicted molar refractivity (Wildman–Crippen MR) is 68.2 cm³/mol. The van der Waals surface area contributed by atoms with Crippen LogP contribution in [0.4, 0.5) is 13.2 Å². The molecule has 0 radical (unpaired) electrons. The van der Waals surface area contributed by atoms with Gasteiger partial charge < -0.3 is 5.11 Å². The van der Waals surface area contributed by atoms with Crippen molar-refractivity contribution < 1.29 is 23.1 Å². The maximum atomic E-state index is 12.7. The lowest BCUT2D eigenvalue weighted by Gasteiger charge is -2.13. The first-order chi connectivity index (χ1) is 9.80. The number of aromatic carboxylic acids is 1. The van der Waals surface area contributed by atoms with Crippen LogP contribution in [0.5, 0.6) is 0 Å². The highest BCUT2D eigenvalue weighted by Crippen LogP contribution is 2.26. The minimum atomic E-state index is -4.83. The maximum Gasteiger partial charge on any atom is 0.421 e. The van der Waals surface area contributed by atoms with Crippen LogP contribution in [0.3, 0.4) is 0 Å². The van der Waals surface area contributed by atoms with E-state index in [2.05, 4.69) is 0 Å². The van der Waals surface area contributed by atoms with E-state index >= 15 is 0 Å². The van der Waals surface area contributed by atoms with Crippen LogP contribution < -0.4 is 5.56 Å². The molecule has 0 saturated heterocycles. The number of carboxylic acid groups (broad SMARTS) is 1. The van der Waals surface area contributed by atoms with Gasteiger partial charge in [-0.3, -0.25) is 9.36 Å². The van der Waals surface area contributed by atoms with Crippen molar-refractivity contribution in [2.45, 2.75) is 12.7 Å². The van der Waals surface area contributed by atoms with Gasteiger partial charge in [-0.15, -0.1) is 0 Å². The van der Waals surface area contributed by atoms with E-state index < -0.39 is 29.0 Å². The Morgan fingerprint density at radius 2 is 1.71 bits per heavy atom. The Bertz CT molecular complexity index is 720. The van der Waals surface area contributed by atoms with Crippen molar-refractivity contribution in [1.29, 1.82) is 0 Å². The van der Waals surface area contributed by atoms with E-state index in [-0.39, 0.29) is 6.54 Å². The zero-order valence-corrected chi connectivity index (χ0v) is 10.6. The molecule has 0 unspecified atom stereocenters. The van der Waals surface area contributed by atoms with Crippen LogP contribution in [0.15, 0.2) is 47.3 Å². The lowest BCUT2D eigenvalue weighted by molar-refractivity contribution is -0.139. The molecule has 2 rings (SSSR count). The second kappa shape index (κ2) is 5.43. The summed E-state index contributed by atoms with van der Waals surface area (Å²) in [7, 11) is 0. The fourth-order valence-corrected chi connectivity index (χ4v) is 1.90. The summed E-state index contributed by atoms with van der Waals surface area (Å²) in [6.45, 7) is -0.245. The summed E-state index contributed by atoms with van der Waals surface area (Å²) >= 11 is 0. The van der Waals surface area contributed by atoms with Crippen LogP contribution in [0.2, 0.25) is 0 Å². The molecule has 1 heterocycles. The number of carbonyl (C=O) groups is 1. The van der Waals surface area contributed by atoms with Crippen molar-refractivity contribution in [1.82, 2.24) is 4.57 Å². The SMILES string of the molecule is O=C(O)c1ccc(C(F)(F)F)c(=O)n1Cc1ccccc1. The first kappa shape index (κ1) is 14.8. The Labute approximate surface area is 117 Å². The van der Waals surface area contributed by atoms with Gasteiger partial charge in [0, 0.05) is 0 Å². The van der Waals surface area contributed by atoms with Gasteiger partial charge in [0.25, 0.3) is 5.56 Å². The van der Waals surface area contributed by atoms with Gasteiger partial charge in [-0.1, -0.05) is 30.3 Å². The number of hydrogen-bond acceptors (Lipinski definition) is 2. The topological polar surface area (TPSA) is 59.3 Å². The van der Waals surface area contributed by atoms with E-state index in [4.69, 9.17) is 5.11 Å². The summed E-state index contributed by atoms with van der Waals surface area (Å²) in [5, 5.41) is 9.02. The molecular weight excluding hydrogens is 287 g/mol. The number of pyridine rings is 1. The Hall–Kier alpha value is -2.57. The maximum absolute atomic E-state index is 12.7. The van der Waals surface area contributed by atoms with E-state index in [0.717, 1.165) is 6.07 Å². The molecule has 0 saturated carbocycles. The summed E-state index contributed by atoms with van der Waals surface area (Å²) < 4.78 is 38.8. The molecule has 0 aliphatic carbocycles. The zero-order valence-electron chi connectivity index (χ0n) is 10.6. The van der Waals surface area contributed by atoms with E-state index in [1.807, 2.05) is 0 Å². The molecule has 2 aromatic rings. The monoisotopic (exact) mass is 297 g/mol. The lowest BCUT2D eigenvalue weighted by Crippen LogP contribution is -2.32. The Morgan fingerprint density at radius 3 is 2.24 bits per heavy atom. The predicted octanol–water partition coefficient (Wildman–Crippen LogP) is 2.61. The molecule has 0 aliphatic rings. The van der Waals surface area contributed by atoms with Crippen molar-refractivity contribution in [3.63, 3.8) is 0 Å². The van der Waals surface area contributed by atoms with Crippen LogP contribution in [-0.4, -0.2) is 15.6 Å². The highest BCUT2D eigenvalue weighted by molar-refractivity contribution is 5.85. The third kappa shape index (κ3) is 3.13. The summed E-state index contributed by atoms with van der Waals surface area (Å²) in [4.78, 5) is 23.0. The van der Waals surface area contributed by atoms with Crippen molar-refractivity contribution in [2.24, 2.45) is 0 Å². The van der Waals surface area contributed by atoms with Crippen LogP contribution in [0.25, 0.3) is 0 Å². The van der Waals surface area contributed by atoms with Gasteiger partial charge in [0.05, 0.1) is 6.54 Å². The first-order valence-corrected chi connectivity index (χ1v) is 5.89. The molecule has 7 heteroatoms. The highest BCUT2D eigenvalue weighted by atomic mass is 19.4. The third-order valence-corrected chi connectivity index (χ3v) is 2.88. The van der Waals surface area contributed by atoms with Crippen molar-refractivity contribution in [3.05, 3.63) is 69.6 Å². The largest absolute Gasteiger partial charge is 0.477 e. The van der Waals surface area contributed by atoms with Gasteiger partial charge in [0.15, 0.2) is 0 Å². The van der Waals surface area contributed by atoms with Crippen LogP contribution in [0.1, 0.15) is 21.6 Å². The number of alkyl halides is 3.